The van der Waals surface area contributed by atoms with Crippen molar-refractivity contribution in [1.29, 1.82) is 0 Å². The number of ether oxygens (including phenoxy) is 3. The van der Waals surface area contributed by atoms with Crippen molar-refractivity contribution in [3.8, 4) is 0 Å². The van der Waals surface area contributed by atoms with E-state index in [9.17, 15) is 18.0 Å². The molecule has 0 aromatic rings. The van der Waals surface area contributed by atoms with Gasteiger partial charge in [0.25, 0.3) is 0 Å². The standard InChI is InChI=1S/C17H21F3O4/c1-9-7-16(8-23-16)14(13(22-4)12(9)21)15(3)11(24-15)6-5-10(2)17(18,19)20/h5,7,11,13-14H,6,8H2,1-4H3/t11-,13-,14-,15?,16+/m1/s1. The molecule has 3 rings (SSSR count). The van der Waals surface area contributed by atoms with Crippen molar-refractivity contribution < 1.29 is 32.2 Å². The molecular formula is C17H21F3O4. The normalized spacial score (nSPS) is 42.3. The Labute approximate surface area is 138 Å². The van der Waals surface area contributed by atoms with Crippen molar-refractivity contribution in [2.75, 3.05) is 13.7 Å². The van der Waals surface area contributed by atoms with Gasteiger partial charge < -0.3 is 14.2 Å². The number of carbonyl (C=O) groups is 1. The number of ketones is 1. The Kier molecular flexibility index (Phi) is 3.97. The average molecular weight is 346 g/mol. The van der Waals surface area contributed by atoms with Crippen LogP contribution in [-0.4, -0.2) is 49.1 Å². The summed E-state index contributed by atoms with van der Waals surface area (Å²) in [6.45, 7) is 5.04. The molecule has 1 spiro atoms. The van der Waals surface area contributed by atoms with Crippen LogP contribution in [0, 0.1) is 5.92 Å². The van der Waals surface area contributed by atoms with Crippen LogP contribution in [0.2, 0.25) is 0 Å². The van der Waals surface area contributed by atoms with Crippen molar-refractivity contribution in [2.24, 2.45) is 5.92 Å². The second kappa shape index (κ2) is 5.41. The fourth-order valence-electron chi connectivity index (χ4n) is 3.76. The SMILES string of the molecule is CO[C@@H]1C(=O)C(C)=C[C@]2(CO2)[C@H]1C1(C)O[C@@H]1CC=C(C)C(F)(F)F. The van der Waals surface area contributed by atoms with Gasteiger partial charge in [-0.2, -0.15) is 13.2 Å². The van der Waals surface area contributed by atoms with Crippen LogP contribution in [0.25, 0.3) is 0 Å². The maximum atomic E-state index is 12.6. The molecule has 2 aliphatic heterocycles. The van der Waals surface area contributed by atoms with Crippen LogP contribution >= 0.6 is 0 Å². The quantitative estimate of drug-likeness (QED) is 0.580. The first-order chi connectivity index (χ1) is 11.0. The van der Waals surface area contributed by atoms with Gasteiger partial charge in [-0.3, -0.25) is 4.79 Å². The third-order valence-corrected chi connectivity index (χ3v) is 5.35. The number of Topliss-reactive ketones (excluding diaryl/α,β-unsaturated/α-hetero) is 1. The van der Waals surface area contributed by atoms with Gasteiger partial charge in [0.2, 0.25) is 0 Å². The average Bonchev–Trinajstić information content (AvgIpc) is 3.38. The van der Waals surface area contributed by atoms with Crippen molar-refractivity contribution in [1.82, 2.24) is 0 Å². The summed E-state index contributed by atoms with van der Waals surface area (Å²) >= 11 is 0. The summed E-state index contributed by atoms with van der Waals surface area (Å²) in [6.07, 6.45) is -2.35. The topological polar surface area (TPSA) is 51.4 Å². The summed E-state index contributed by atoms with van der Waals surface area (Å²) in [4.78, 5) is 12.4. The minimum absolute atomic E-state index is 0.124. The second-order valence-corrected chi connectivity index (χ2v) is 6.98. The lowest BCUT2D eigenvalue weighted by Gasteiger charge is -2.35. The van der Waals surface area contributed by atoms with E-state index < -0.39 is 35.2 Å². The number of hydrogen-bond acceptors (Lipinski definition) is 4. The zero-order valence-corrected chi connectivity index (χ0v) is 14.1. The predicted octanol–water partition coefficient (Wildman–Crippen LogP) is 2.97. The molecule has 1 unspecified atom stereocenters. The Hall–Kier alpha value is -1.18. The molecule has 24 heavy (non-hydrogen) atoms. The van der Waals surface area contributed by atoms with E-state index in [1.54, 1.807) is 13.0 Å². The fourth-order valence-corrected chi connectivity index (χ4v) is 3.76. The van der Waals surface area contributed by atoms with Gasteiger partial charge in [0.1, 0.15) is 17.3 Å². The van der Waals surface area contributed by atoms with E-state index in [-0.39, 0.29) is 18.1 Å². The number of rotatable bonds is 4. The van der Waals surface area contributed by atoms with E-state index >= 15 is 0 Å². The van der Waals surface area contributed by atoms with Crippen LogP contribution in [0.15, 0.2) is 23.3 Å². The molecule has 7 heteroatoms. The number of halogens is 3. The summed E-state index contributed by atoms with van der Waals surface area (Å²) in [5, 5.41) is 0. The maximum absolute atomic E-state index is 12.6. The third-order valence-electron chi connectivity index (χ3n) is 5.35. The summed E-state index contributed by atoms with van der Waals surface area (Å²) in [6, 6.07) is 0. The van der Waals surface area contributed by atoms with Crippen LogP contribution in [0.1, 0.15) is 27.2 Å². The molecular weight excluding hydrogens is 325 g/mol. The van der Waals surface area contributed by atoms with E-state index in [1.165, 1.54) is 7.11 Å². The maximum Gasteiger partial charge on any atom is 0.412 e. The van der Waals surface area contributed by atoms with Gasteiger partial charge >= 0.3 is 6.18 Å². The van der Waals surface area contributed by atoms with Crippen LogP contribution in [0.4, 0.5) is 13.2 Å². The molecule has 5 atom stereocenters. The second-order valence-electron chi connectivity index (χ2n) is 6.98. The summed E-state index contributed by atoms with van der Waals surface area (Å²) in [5.74, 6) is -0.489. The lowest BCUT2D eigenvalue weighted by molar-refractivity contribution is -0.133. The highest BCUT2D eigenvalue weighted by Crippen LogP contribution is 2.57. The molecule has 3 aliphatic rings. The molecule has 0 radical (unpaired) electrons. The molecule has 4 nitrogen and oxygen atoms in total. The van der Waals surface area contributed by atoms with E-state index in [0.717, 1.165) is 13.0 Å². The molecule has 0 aromatic heterocycles. The number of epoxide rings is 2. The number of alkyl halides is 3. The van der Waals surface area contributed by atoms with Gasteiger partial charge in [0.05, 0.1) is 18.6 Å². The molecule has 2 saturated heterocycles. The zero-order valence-electron chi connectivity index (χ0n) is 14.1. The van der Waals surface area contributed by atoms with Crippen LogP contribution in [0.3, 0.4) is 0 Å². The minimum Gasteiger partial charge on any atom is -0.373 e. The Morgan fingerprint density at radius 2 is 2.12 bits per heavy atom. The molecule has 0 bridgehead atoms. The first-order valence-electron chi connectivity index (χ1n) is 7.87. The van der Waals surface area contributed by atoms with Crippen LogP contribution < -0.4 is 0 Å². The lowest BCUT2D eigenvalue weighted by atomic mass is 9.70. The van der Waals surface area contributed by atoms with Gasteiger partial charge in [-0.15, -0.1) is 0 Å². The van der Waals surface area contributed by atoms with Crippen molar-refractivity contribution >= 4 is 5.78 Å². The Balaban J connectivity index is 1.80. The summed E-state index contributed by atoms with van der Waals surface area (Å²) < 4.78 is 54.6. The molecule has 1 aliphatic carbocycles. The Morgan fingerprint density at radius 3 is 2.62 bits per heavy atom. The Bertz CT molecular complexity index is 618. The lowest BCUT2D eigenvalue weighted by Crippen LogP contribution is -2.51. The monoisotopic (exact) mass is 346 g/mol. The number of allylic oxidation sites excluding steroid dienone is 1. The van der Waals surface area contributed by atoms with Gasteiger partial charge in [-0.05, 0) is 38.8 Å². The van der Waals surface area contributed by atoms with E-state index in [4.69, 9.17) is 14.2 Å². The molecule has 0 aromatic carbocycles. The molecule has 2 heterocycles. The van der Waals surface area contributed by atoms with E-state index in [2.05, 4.69) is 0 Å². The van der Waals surface area contributed by atoms with E-state index in [0.29, 0.717) is 12.2 Å². The highest BCUT2D eigenvalue weighted by molar-refractivity contribution is 6.00. The summed E-state index contributed by atoms with van der Waals surface area (Å²) in [7, 11) is 1.46. The van der Waals surface area contributed by atoms with Crippen molar-refractivity contribution in [3.63, 3.8) is 0 Å². The zero-order chi connectivity index (χ0) is 17.9. The predicted molar refractivity (Wildman–Crippen MR) is 79.4 cm³/mol. The molecule has 2 fully saturated rings. The van der Waals surface area contributed by atoms with Gasteiger partial charge in [0.15, 0.2) is 5.78 Å². The molecule has 134 valence electrons. The summed E-state index contributed by atoms with van der Waals surface area (Å²) in [5.41, 5.74) is -1.40. The number of methoxy groups -OCH3 is 1. The number of hydrogen-bond donors (Lipinski definition) is 0. The largest absolute Gasteiger partial charge is 0.412 e. The first-order valence-corrected chi connectivity index (χ1v) is 7.87. The Morgan fingerprint density at radius 1 is 1.50 bits per heavy atom. The first kappa shape index (κ1) is 17.6. The molecule has 0 N–H and O–H groups in total. The third kappa shape index (κ3) is 2.72. The van der Waals surface area contributed by atoms with Gasteiger partial charge in [-0.1, -0.05) is 6.08 Å². The number of carbonyl (C=O) groups excluding carboxylic acids is 1. The van der Waals surface area contributed by atoms with Crippen LogP contribution in [-0.2, 0) is 19.0 Å². The van der Waals surface area contributed by atoms with Crippen molar-refractivity contribution in [3.05, 3.63) is 23.3 Å². The smallest absolute Gasteiger partial charge is 0.373 e. The highest BCUT2D eigenvalue weighted by Gasteiger charge is 2.71. The van der Waals surface area contributed by atoms with E-state index in [1.807, 2.05) is 6.92 Å². The van der Waals surface area contributed by atoms with Crippen molar-refractivity contribution in [2.45, 2.75) is 56.8 Å². The molecule has 0 amide bonds. The van der Waals surface area contributed by atoms with Gasteiger partial charge in [0, 0.05) is 12.7 Å². The van der Waals surface area contributed by atoms with Gasteiger partial charge in [-0.25, -0.2) is 0 Å². The highest BCUT2D eigenvalue weighted by atomic mass is 19.4. The van der Waals surface area contributed by atoms with Crippen LogP contribution in [0.5, 0.6) is 0 Å². The fraction of sp³-hybridized carbons (Fsp3) is 0.706. The minimum atomic E-state index is -4.33. The molecule has 0 saturated carbocycles.